The molecule has 0 aliphatic heterocycles. The maximum Gasteiger partial charge on any atom is 0.387 e. The van der Waals surface area contributed by atoms with E-state index in [0.29, 0.717) is 22.5 Å². The highest BCUT2D eigenvalue weighted by atomic mass is 19.3. The van der Waals surface area contributed by atoms with Gasteiger partial charge in [-0.2, -0.15) is 8.78 Å². The first-order valence-electron chi connectivity index (χ1n) is 8.92. The third-order valence-corrected chi connectivity index (χ3v) is 4.36. The van der Waals surface area contributed by atoms with Crippen LogP contribution in [0.2, 0.25) is 0 Å². The summed E-state index contributed by atoms with van der Waals surface area (Å²) in [5.41, 5.74) is 2.54. The minimum absolute atomic E-state index is 0.0167. The molecule has 6 heteroatoms. The molecule has 0 unspecified atom stereocenters. The highest BCUT2D eigenvalue weighted by molar-refractivity contribution is 6.32. The average molecular weight is 390 g/mol. The Morgan fingerprint density at radius 3 is 2.38 bits per heavy atom. The van der Waals surface area contributed by atoms with Crippen LogP contribution in [-0.4, -0.2) is 22.4 Å². The van der Waals surface area contributed by atoms with Crippen molar-refractivity contribution < 1.29 is 18.3 Å². The maximum atomic E-state index is 13.2. The number of alkyl halides is 2. The lowest BCUT2D eigenvalue weighted by molar-refractivity contribution is -0.0499. The van der Waals surface area contributed by atoms with Crippen molar-refractivity contribution in [2.75, 3.05) is 0 Å². The standard InChI is InChI=1S/C23H16F2N2O2/c24-23(25)29-20-13-7-4-10-16(20)14-17(21(28)15-8-2-1-3-9-15)22-26-18-11-5-6-12-19(18)27-22/h1-14,23H,(H,26,27)/b17-14-. The number of para-hydroxylation sites is 3. The molecule has 0 aliphatic rings. The molecule has 1 N–H and O–H groups in total. The van der Waals surface area contributed by atoms with E-state index >= 15 is 0 Å². The molecule has 0 fully saturated rings. The second kappa shape index (κ2) is 8.06. The number of ether oxygens (including phenoxy) is 1. The Balaban J connectivity index is 1.87. The first kappa shape index (κ1) is 18.6. The molecule has 4 nitrogen and oxygen atoms in total. The molecule has 0 amide bonds. The van der Waals surface area contributed by atoms with Gasteiger partial charge in [0.1, 0.15) is 11.6 Å². The predicted molar refractivity (Wildman–Crippen MR) is 108 cm³/mol. The lowest BCUT2D eigenvalue weighted by Gasteiger charge is -2.09. The Morgan fingerprint density at radius 1 is 0.931 bits per heavy atom. The summed E-state index contributed by atoms with van der Waals surface area (Å²) in [5.74, 6) is 0.0559. The van der Waals surface area contributed by atoms with E-state index < -0.39 is 6.61 Å². The number of fused-ring (bicyclic) bond motifs is 1. The number of imidazole rings is 1. The fourth-order valence-electron chi connectivity index (χ4n) is 3.03. The average Bonchev–Trinajstić information content (AvgIpc) is 3.17. The van der Waals surface area contributed by atoms with Gasteiger partial charge in [-0.05, 0) is 24.3 Å². The zero-order valence-corrected chi connectivity index (χ0v) is 15.2. The second-order valence-electron chi connectivity index (χ2n) is 6.27. The van der Waals surface area contributed by atoms with Crippen LogP contribution in [0.5, 0.6) is 5.75 Å². The molecule has 1 heterocycles. The largest absolute Gasteiger partial charge is 0.434 e. The number of nitrogens with one attached hydrogen (secondary N) is 1. The summed E-state index contributed by atoms with van der Waals surface area (Å²) in [6.45, 7) is -2.97. The Kier molecular flexibility index (Phi) is 5.16. The van der Waals surface area contributed by atoms with Crippen LogP contribution in [0, 0.1) is 0 Å². The SMILES string of the molecule is O=C(/C(=C/c1ccccc1OC(F)F)c1nc2ccccc2[nH]1)c1ccccc1. The van der Waals surface area contributed by atoms with Gasteiger partial charge in [-0.3, -0.25) is 4.79 Å². The lowest BCUT2D eigenvalue weighted by atomic mass is 10.00. The molecule has 0 spiro atoms. The van der Waals surface area contributed by atoms with Crippen LogP contribution in [0.25, 0.3) is 22.7 Å². The maximum absolute atomic E-state index is 13.2. The van der Waals surface area contributed by atoms with Gasteiger partial charge in [0.15, 0.2) is 5.78 Å². The normalized spacial score (nSPS) is 11.8. The molecule has 1 aromatic heterocycles. The van der Waals surface area contributed by atoms with Crippen LogP contribution in [-0.2, 0) is 0 Å². The van der Waals surface area contributed by atoms with Gasteiger partial charge < -0.3 is 9.72 Å². The molecular formula is C23H16F2N2O2. The number of ketones is 1. The van der Waals surface area contributed by atoms with Crippen molar-refractivity contribution >= 4 is 28.5 Å². The number of H-pyrrole nitrogens is 1. The van der Waals surface area contributed by atoms with E-state index in [4.69, 9.17) is 0 Å². The highest BCUT2D eigenvalue weighted by Gasteiger charge is 2.19. The number of halogens is 2. The number of aromatic nitrogens is 2. The van der Waals surface area contributed by atoms with Gasteiger partial charge in [0, 0.05) is 11.1 Å². The number of Topliss-reactive ketones (excluding diaryl/α,β-unsaturated/α-hetero) is 1. The van der Waals surface area contributed by atoms with E-state index in [-0.39, 0.29) is 17.1 Å². The number of carbonyl (C=O) groups excluding carboxylic acids is 1. The quantitative estimate of drug-likeness (QED) is 0.345. The zero-order chi connectivity index (χ0) is 20.2. The van der Waals surface area contributed by atoms with Crippen molar-refractivity contribution in [3.05, 3.63) is 95.8 Å². The molecule has 0 saturated heterocycles. The van der Waals surface area contributed by atoms with Crippen molar-refractivity contribution in [2.45, 2.75) is 6.61 Å². The Hall–Kier alpha value is -3.80. The smallest absolute Gasteiger partial charge is 0.387 e. The Bertz CT molecular complexity index is 1150. The van der Waals surface area contributed by atoms with Gasteiger partial charge in [0.25, 0.3) is 0 Å². The number of carbonyl (C=O) groups is 1. The van der Waals surface area contributed by atoms with Crippen molar-refractivity contribution in [2.24, 2.45) is 0 Å². The van der Waals surface area contributed by atoms with Crippen LogP contribution in [0.4, 0.5) is 8.78 Å². The zero-order valence-electron chi connectivity index (χ0n) is 15.2. The summed E-state index contributed by atoms with van der Waals surface area (Å²) in [4.78, 5) is 20.9. The molecule has 0 saturated carbocycles. The number of rotatable bonds is 6. The van der Waals surface area contributed by atoms with E-state index in [2.05, 4.69) is 14.7 Å². The van der Waals surface area contributed by atoms with Gasteiger partial charge >= 0.3 is 6.61 Å². The first-order chi connectivity index (χ1) is 14.1. The van der Waals surface area contributed by atoms with Crippen LogP contribution in [0.15, 0.2) is 78.9 Å². The van der Waals surface area contributed by atoms with Crippen molar-refractivity contribution in [1.29, 1.82) is 0 Å². The molecule has 4 rings (SSSR count). The fourth-order valence-corrected chi connectivity index (χ4v) is 3.03. The van der Waals surface area contributed by atoms with Gasteiger partial charge in [0.05, 0.1) is 16.6 Å². The lowest BCUT2D eigenvalue weighted by Crippen LogP contribution is -2.06. The molecule has 0 atom stereocenters. The fraction of sp³-hybridized carbons (Fsp3) is 0.0435. The van der Waals surface area contributed by atoms with E-state index in [1.54, 1.807) is 42.5 Å². The first-order valence-corrected chi connectivity index (χ1v) is 8.92. The number of hydrogen-bond donors (Lipinski definition) is 1. The number of benzene rings is 3. The topological polar surface area (TPSA) is 55.0 Å². The van der Waals surface area contributed by atoms with Crippen molar-refractivity contribution in [3.8, 4) is 5.75 Å². The van der Waals surface area contributed by atoms with Gasteiger partial charge in [0.2, 0.25) is 0 Å². The number of nitrogens with zero attached hydrogens (tertiary/aromatic N) is 1. The van der Waals surface area contributed by atoms with Crippen molar-refractivity contribution in [1.82, 2.24) is 9.97 Å². The molecule has 0 bridgehead atoms. The Labute approximate surface area is 165 Å². The predicted octanol–water partition coefficient (Wildman–Crippen LogP) is 5.59. The van der Waals surface area contributed by atoms with E-state index in [1.807, 2.05) is 30.3 Å². The van der Waals surface area contributed by atoms with E-state index in [1.165, 1.54) is 12.1 Å². The summed E-state index contributed by atoms with van der Waals surface area (Å²) in [5, 5.41) is 0. The number of allylic oxidation sites excluding steroid dienone is 1. The molecule has 4 aromatic rings. The minimum atomic E-state index is -2.97. The summed E-state index contributed by atoms with van der Waals surface area (Å²) in [6.07, 6.45) is 1.52. The third-order valence-electron chi connectivity index (χ3n) is 4.36. The third kappa shape index (κ3) is 4.06. The number of aromatic amines is 1. The molecule has 3 aromatic carbocycles. The highest BCUT2D eigenvalue weighted by Crippen LogP contribution is 2.28. The summed E-state index contributed by atoms with van der Waals surface area (Å²) < 4.78 is 30.2. The van der Waals surface area contributed by atoms with Crippen LogP contribution in [0.1, 0.15) is 21.7 Å². The second-order valence-corrected chi connectivity index (χ2v) is 6.27. The molecule has 0 radical (unpaired) electrons. The van der Waals surface area contributed by atoms with Crippen LogP contribution < -0.4 is 4.74 Å². The summed E-state index contributed by atoms with van der Waals surface area (Å²) in [7, 11) is 0. The molecule has 0 aliphatic carbocycles. The number of hydrogen-bond acceptors (Lipinski definition) is 3. The summed E-state index contributed by atoms with van der Waals surface area (Å²) in [6, 6.07) is 22.4. The van der Waals surface area contributed by atoms with E-state index in [9.17, 15) is 13.6 Å². The van der Waals surface area contributed by atoms with Crippen LogP contribution in [0.3, 0.4) is 0 Å². The van der Waals surface area contributed by atoms with Gasteiger partial charge in [-0.25, -0.2) is 4.98 Å². The monoisotopic (exact) mass is 390 g/mol. The minimum Gasteiger partial charge on any atom is -0.434 e. The van der Waals surface area contributed by atoms with Crippen LogP contribution >= 0.6 is 0 Å². The summed E-state index contributed by atoms with van der Waals surface area (Å²) >= 11 is 0. The van der Waals surface area contributed by atoms with E-state index in [0.717, 1.165) is 5.52 Å². The van der Waals surface area contributed by atoms with Gasteiger partial charge in [-0.15, -0.1) is 0 Å². The van der Waals surface area contributed by atoms with Gasteiger partial charge in [-0.1, -0.05) is 60.7 Å². The molecule has 29 heavy (non-hydrogen) atoms. The Morgan fingerprint density at radius 2 is 1.62 bits per heavy atom. The molecular weight excluding hydrogens is 374 g/mol. The van der Waals surface area contributed by atoms with Crippen molar-refractivity contribution in [3.63, 3.8) is 0 Å². The molecule has 144 valence electrons.